The van der Waals surface area contributed by atoms with Crippen LogP contribution in [0.2, 0.25) is 0 Å². The van der Waals surface area contributed by atoms with E-state index in [4.69, 9.17) is 4.74 Å². The van der Waals surface area contributed by atoms with Gasteiger partial charge in [-0.3, -0.25) is 0 Å². The van der Waals surface area contributed by atoms with Gasteiger partial charge in [0.05, 0.1) is 14.3 Å². The molecule has 0 amide bonds. The Balaban J connectivity index is 3.56. The first kappa shape index (κ1) is 11.3. The monoisotopic (exact) mass is 414 g/mol. The summed E-state index contributed by atoms with van der Waals surface area (Å²) in [6.45, 7) is 0. The molecular formula is C7H3F3I2O. The highest BCUT2D eigenvalue weighted by Gasteiger charge is 2.22. The first-order valence-electron chi connectivity index (χ1n) is 3.06. The average Bonchev–Trinajstić information content (AvgIpc) is 2.13. The van der Waals surface area contributed by atoms with Crippen molar-refractivity contribution in [2.75, 3.05) is 7.11 Å². The molecule has 0 saturated carbocycles. The summed E-state index contributed by atoms with van der Waals surface area (Å²) in [6, 6.07) is 0. The van der Waals surface area contributed by atoms with Gasteiger partial charge in [-0.2, -0.15) is 0 Å². The van der Waals surface area contributed by atoms with Crippen molar-refractivity contribution >= 4 is 45.2 Å². The molecule has 0 atom stereocenters. The molecule has 0 aliphatic carbocycles. The smallest absolute Gasteiger partial charge is 0.196 e. The Morgan fingerprint density at radius 1 is 0.923 bits per heavy atom. The first-order chi connectivity index (χ1) is 6.00. The van der Waals surface area contributed by atoms with Crippen molar-refractivity contribution in [3.8, 4) is 5.75 Å². The summed E-state index contributed by atoms with van der Waals surface area (Å²) in [5, 5.41) is 0. The third kappa shape index (κ3) is 1.88. The molecule has 1 rings (SSSR count). The van der Waals surface area contributed by atoms with E-state index in [0.717, 1.165) is 0 Å². The molecule has 13 heavy (non-hydrogen) atoms. The summed E-state index contributed by atoms with van der Waals surface area (Å²) in [6.07, 6.45) is 0. The Labute approximate surface area is 99.9 Å². The molecule has 0 unspecified atom stereocenters. The number of ether oxygens (including phenoxy) is 1. The molecule has 0 radical (unpaired) electrons. The van der Waals surface area contributed by atoms with E-state index in [2.05, 4.69) is 0 Å². The van der Waals surface area contributed by atoms with Gasteiger partial charge in [-0.25, -0.2) is 13.2 Å². The summed E-state index contributed by atoms with van der Waals surface area (Å²) >= 11 is 3.12. The number of benzene rings is 1. The van der Waals surface area contributed by atoms with E-state index in [-0.39, 0.29) is 12.9 Å². The summed E-state index contributed by atoms with van der Waals surface area (Å²) < 4.78 is 43.2. The summed E-state index contributed by atoms with van der Waals surface area (Å²) in [5.74, 6) is -3.86. The van der Waals surface area contributed by atoms with Gasteiger partial charge < -0.3 is 4.74 Å². The predicted octanol–water partition coefficient (Wildman–Crippen LogP) is 3.32. The largest absolute Gasteiger partial charge is 0.494 e. The minimum atomic E-state index is -1.46. The number of methoxy groups -OCH3 is 1. The number of rotatable bonds is 1. The molecule has 0 N–H and O–H groups in total. The molecule has 6 heteroatoms. The van der Waals surface area contributed by atoms with Gasteiger partial charge in [-0.1, -0.05) is 0 Å². The quantitative estimate of drug-likeness (QED) is 0.390. The van der Waals surface area contributed by atoms with E-state index in [9.17, 15) is 13.2 Å². The second-order valence-corrected chi connectivity index (χ2v) is 4.26. The molecule has 0 fully saturated rings. The maximum Gasteiger partial charge on any atom is 0.196 e. The van der Waals surface area contributed by atoms with Gasteiger partial charge in [0, 0.05) is 0 Å². The molecule has 0 spiro atoms. The highest BCUT2D eigenvalue weighted by molar-refractivity contribution is 14.1. The second kappa shape index (κ2) is 4.20. The molecule has 0 aliphatic heterocycles. The van der Waals surface area contributed by atoms with E-state index in [1.165, 1.54) is 7.11 Å². The third-order valence-electron chi connectivity index (χ3n) is 1.37. The lowest BCUT2D eigenvalue weighted by molar-refractivity contribution is 0.380. The first-order valence-corrected chi connectivity index (χ1v) is 5.21. The molecule has 0 aromatic heterocycles. The van der Waals surface area contributed by atoms with Crippen molar-refractivity contribution < 1.29 is 17.9 Å². The van der Waals surface area contributed by atoms with Crippen LogP contribution in [0.25, 0.3) is 0 Å². The fraction of sp³-hybridized carbons (Fsp3) is 0.143. The van der Waals surface area contributed by atoms with Crippen LogP contribution in [0.3, 0.4) is 0 Å². The van der Waals surface area contributed by atoms with Gasteiger partial charge in [-0.15, -0.1) is 0 Å². The molecule has 1 aromatic carbocycles. The van der Waals surface area contributed by atoms with Crippen LogP contribution in [-0.4, -0.2) is 7.11 Å². The van der Waals surface area contributed by atoms with Crippen molar-refractivity contribution in [1.82, 2.24) is 0 Å². The summed E-state index contributed by atoms with van der Waals surface area (Å²) in [7, 11) is 1.27. The van der Waals surface area contributed by atoms with E-state index < -0.39 is 17.5 Å². The lowest BCUT2D eigenvalue weighted by Crippen LogP contribution is -2.02. The number of hydrogen-bond donors (Lipinski definition) is 0. The predicted molar refractivity (Wildman–Crippen MR) is 58.3 cm³/mol. The van der Waals surface area contributed by atoms with Gasteiger partial charge in [-0.05, 0) is 45.2 Å². The molecule has 72 valence electrons. The zero-order valence-electron chi connectivity index (χ0n) is 6.30. The Morgan fingerprint density at radius 2 is 1.31 bits per heavy atom. The van der Waals surface area contributed by atoms with Crippen LogP contribution < -0.4 is 4.74 Å². The van der Waals surface area contributed by atoms with Crippen molar-refractivity contribution in [2.24, 2.45) is 0 Å². The molecule has 0 aliphatic rings. The molecule has 0 heterocycles. The normalized spacial score (nSPS) is 10.3. The molecule has 0 bridgehead atoms. The van der Waals surface area contributed by atoms with Crippen LogP contribution in [0.5, 0.6) is 5.75 Å². The Hall–Kier alpha value is 0.270. The van der Waals surface area contributed by atoms with Crippen LogP contribution in [-0.2, 0) is 0 Å². The highest BCUT2D eigenvalue weighted by Crippen LogP contribution is 2.33. The Bertz CT molecular complexity index is 325. The number of hydrogen-bond acceptors (Lipinski definition) is 1. The van der Waals surface area contributed by atoms with Gasteiger partial charge in [0.15, 0.2) is 23.2 Å². The fourth-order valence-corrected chi connectivity index (χ4v) is 2.73. The fourth-order valence-electron chi connectivity index (χ4n) is 0.764. The van der Waals surface area contributed by atoms with Crippen molar-refractivity contribution in [2.45, 2.75) is 0 Å². The maximum atomic E-state index is 12.9. The van der Waals surface area contributed by atoms with Gasteiger partial charge in [0.1, 0.15) is 0 Å². The second-order valence-electron chi connectivity index (χ2n) is 2.10. The summed E-state index contributed by atoms with van der Waals surface area (Å²) in [5.41, 5.74) is 0. The SMILES string of the molecule is COc1c(I)c(F)c(F)c(F)c1I. The van der Waals surface area contributed by atoms with Gasteiger partial charge in [0.25, 0.3) is 0 Å². The van der Waals surface area contributed by atoms with Crippen LogP contribution in [0.4, 0.5) is 13.2 Å². The topological polar surface area (TPSA) is 9.23 Å². The van der Waals surface area contributed by atoms with Crippen molar-refractivity contribution in [3.05, 3.63) is 24.6 Å². The zero-order chi connectivity index (χ0) is 10.2. The highest BCUT2D eigenvalue weighted by atomic mass is 127. The van der Waals surface area contributed by atoms with Crippen LogP contribution in [0, 0.1) is 24.6 Å². The van der Waals surface area contributed by atoms with Crippen molar-refractivity contribution in [1.29, 1.82) is 0 Å². The lowest BCUT2D eigenvalue weighted by atomic mass is 10.3. The third-order valence-corrected chi connectivity index (χ3v) is 3.30. The lowest BCUT2D eigenvalue weighted by Gasteiger charge is -2.08. The molecule has 1 nitrogen and oxygen atoms in total. The Kier molecular flexibility index (Phi) is 3.66. The summed E-state index contributed by atoms with van der Waals surface area (Å²) in [4.78, 5) is 0. The minimum Gasteiger partial charge on any atom is -0.494 e. The number of halogens is 5. The zero-order valence-corrected chi connectivity index (χ0v) is 10.6. The standard InChI is InChI=1S/C7H3F3I2O/c1-13-7-5(11)3(9)2(8)4(10)6(7)12/h1H3. The average molecular weight is 414 g/mol. The molecular weight excluding hydrogens is 411 g/mol. The van der Waals surface area contributed by atoms with Gasteiger partial charge in [0.2, 0.25) is 0 Å². The Morgan fingerprint density at radius 3 is 1.62 bits per heavy atom. The van der Waals surface area contributed by atoms with Crippen LogP contribution in [0.15, 0.2) is 0 Å². The minimum absolute atomic E-state index is 0.0256. The van der Waals surface area contributed by atoms with Crippen LogP contribution >= 0.6 is 45.2 Å². The van der Waals surface area contributed by atoms with Crippen molar-refractivity contribution in [3.63, 3.8) is 0 Å². The van der Waals surface area contributed by atoms with Crippen LogP contribution in [0.1, 0.15) is 0 Å². The van der Waals surface area contributed by atoms with E-state index in [1.807, 2.05) is 0 Å². The van der Waals surface area contributed by atoms with E-state index in [1.54, 1.807) is 45.2 Å². The molecule has 0 saturated heterocycles. The maximum absolute atomic E-state index is 12.9. The molecule has 1 aromatic rings. The van der Waals surface area contributed by atoms with E-state index >= 15 is 0 Å². The van der Waals surface area contributed by atoms with Gasteiger partial charge >= 0.3 is 0 Å². The van der Waals surface area contributed by atoms with E-state index in [0.29, 0.717) is 0 Å².